The summed E-state index contributed by atoms with van der Waals surface area (Å²) < 4.78 is 1.89. The van der Waals surface area contributed by atoms with Crippen molar-refractivity contribution in [2.75, 3.05) is 13.1 Å². The summed E-state index contributed by atoms with van der Waals surface area (Å²) in [5.74, 6) is 0.772. The molecule has 1 amide bonds. The van der Waals surface area contributed by atoms with Crippen molar-refractivity contribution < 1.29 is 4.79 Å². The Labute approximate surface area is 138 Å². The predicted molar refractivity (Wildman–Crippen MR) is 91.2 cm³/mol. The highest BCUT2D eigenvalue weighted by Crippen LogP contribution is 2.27. The zero-order valence-electron chi connectivity index (χ0n) is 13.8. The van der Waals surface area contributed by atoms with Crippen LogP contribution in [-0.4, -0.2) is 33.7 Å². The molecule has 1 saturated heterocycles. The Bertz CT molecular complexity index is 636. The Morgan fingerprint density at radius 1 is 1.35 bits per heavy atom. The molecule has 23 heavy (non-hydrogen) atoms. The van der Waals surface area contributed by atoms with Crippen LogP contribution in [0.25, 0.3) is 0 Å². The van der Waals surface area contributed by atoms with E-state index < -0.39 is 0 Å². The largest absolute Gasteiger partial charge is 0.342 e. The minimum Gasteiger partial charge on any atom is -0.342 e. The minimum atomic E-state index is 0.287. The van der Waals surface area contributed by atoms with E-state index in [1.165, 1.54) is 17.5 Å². The van der Waals surface area contributed by atoms with Crippen molar-refractivity contribution in [1.29, 1.82) is 0 Å². The molecule has 0 bridgehead atoms. The third-order valence-electron chi connectivity index (χ3n) is 4.62. The molecular formula is C19H25N3O. The van der Waals surface area contributed by atoms with E-state index in [1.807, 2.05) is 16.9 Å². The number of aromatic nitrogens is 2. The molecule has 1 aromatic heterocycles. The molecular weight excluding hydrogens is 286 g/mol. The number of rotatable bonds is 5. The van der Waals surface area contributed by atoms with Gasteiger partial charge < -0.3 is 4.90 Å². The van der Waals surface area contributed by atoms with Crippen molar-refractivity contribution in [2.24, 2.45) is 0 Å². The molecule has 0 unspecified atom stereocenters. The normalized spacial score (nSPS) is 18.1. The first-order chi connectivity index (χ1) is 11.2. The number of carbonyl (C=O) groups excluding carboxylic acids is 1. The van der Waals surface area contributed by atoms with Gasteiger partial charge in [0.1, 0.15) is 0 Å². The van der Waals surface area contributed by atoms with Crippen LogP contribution in [0, 0.1) is 6.92 Å². The van der Waals surface area contributed by atoms with Gasteiger partial charge in [0.15, 0.2) is 0 Å². The van der Waals surface area contributed by atoms with Gasteiger partial charge >= 0.3 is 0 Å². The van der Waals surface area contributed by atoms with E-state index >= 15 is 0 Å². The molecule has 0 N–H and O–H groups in total. The van der Waals surface area contributed by atoms with Gasteiger partial charge in [0, 0.05) is 44.4 Å². The molecule has 1 aliphatic heterocycles. The molecule has 0 spiro atoms. The first-order valence-electron chi connectivity index (χ1n) is 8.54. The second-order valence-corrected chi connectivity index (χ2v) is 6.47. The van der Waals surface area contributed by atoms with Gasteiger partial charge in [-0.05, 0) is 37.8 Å². The second kappa shape index (κ2) is 7.44. The third-order valence-corrected chi connectivity index (χ3v) is 4.62. The van der Waals surface area contributed by atoms with E-state index in [0.29, 0.717) is 12.3 Å². The van der Waals surface area contributed by atoms with E-state index in [4.69, 9.17) is 0 Å². The lowest BCUT2D eigenvalue weighted by molar-refractivity contribution is -0.132. The van der Waals surface area contributed by atoms with Gasteiger partial charge in [0.05, 0.1) is 0 Å². The minimum absolute atomic E-state index is 0.287. The lowest BCUT2D eigenvalue weighted by atomic mass is 9.89. The molecule has 1 atom stereocenters. The summed E-state index contributed by atoms with van der Waals surface area (Å²) in [4.78, 5) is 14.5. The van der Waals surface area contributed by atoms with Crippen molar-refractivity contribution in [2.45, 2.75) is 45.1 Å². The van der Waals surface area contributed by atoms with Gasteiger partial charge in [0.25, 0.3) is 0 Å². The Hall–Kier alpha value is -2.10. The van der Waals surface area contributed by atoms with Gasteiger partial charge in [-0.3, -0.25) is 9.48 Å². The Kier molecular flexibility index (Phi) is 5.11. The fraction of sp³-hybridized carbons (Fsp3) is 0.474. The summed E-state index contributed by atoms with van der Waals surface area (Å²) in [6, 6.07) is 10.6. The molecule has 0 saturated carbocycles. The second-order valence-electron chi connectivity index (χ2n) is 6.47. The fourth-order valence-electron chi connectivity index (χ4n) is 3.38. The van der Waals surface area contributed by atoms with Gasteiger partial charge in [-0.25, -0.2) is 0 Å². The van der Waals surface area contributed by atoms with Crippen molar-refractivity contribution in [3.8, 4) is 0 Å². The van der Waals surface area contributed by atoms with Crippen LogP contribution in [0.3, 0.4) is 0 Å². The topological polar surface area (TPSA) is 38.1 Å². The molecule has 2 aromatic rings. The number of amides is 1. The number of aryl methyl sites for hydroxylation is 2. The zero-order valence-corrected chi connectivity index (χ0v) is 13.8. The van der Waals surface area contributed by atoms with Crippen LogP contribution < -0.4 is 0 Å². The summed E-state index contributed by atoms with van der Waals surface area (Å²) in [5, 5.41) is 4.18. The molecule has 4 nitrogen and oxygen atoms in total. The van der Waals surface area contributed by atoms with Crippen molar-refractivity contribution >= 4 is 5.91 Å². The summed E-state index contributed by atoms with van der Waals surface area (Å²) in [6.45, 7) is 4.71. The number of carbonyl (C=O) groups is 1. The number of benzene rings is 1. The van der Waals surface area contributed by atoms with E-state index in [-0.39, 0.29) is 5.91 Å². The average Bonchev–Trinajstić information content (AvgIpc) is 3.08. The van der Waals surface area contributed by atoms with Crippen LogP contribution in [0.4, 0.5) is 0 Å². The van der Waals surface area contributed by atoms with E-state index in [1.54, 1.807) is 6.20 Å². The lowest BCUT2D eigenvalue weighted by Crippen LogP contribution is -2.39. The van der Waals surface area contributed by atoms with Crippen molar-refractivity contribution in [3.05, 3.63) is 53.9 Å². The van der Waals surface area contributed by atoms with Gasteiger partial charge in [-0.1, -0.05) is 29.8 Å². The average molecular weight is 311 g/mol. The smallest absolute Gasteiger partial charge is 0.222 e. The lowest BCUT2D eigenvalue weighted by Gasteiger charge is -2.33. The molecule has 2 heterocycles. The Balaban J connectivity index is 1.52. The zero-order chi connectivity index (χ0) is 16.1. The van der Waals surface area contributed by atoms with E-state index in [2.05, 4.69) is 41.2 Å². The molecule has 0 aliphatic carbocycles. The van der Waals surface area contributed by atoms with Gasteiger partial charge in [0.2, 0.25) is 5.91 Å². The number of piperidine rings is 1. The SMILES string of the molecule is Cc1cccc([C@H]2CCCN(C(=O)CCCn3cccn3)C2)c1. The molecule has 1 aromatic carbocycles. The van der Waals surface area contributed by atoms with Crippen molar-refractivity contribution in [3.63, 3.8) is 0 Å². The fourth-order valence-corrected chi connectivity index (χ4v) is 3.38. The Morgan fingerprint density at radius 2 is 2.26 bits per heavy atom. The number of hydrogen-bond acceptors (Lipinski definition) is 2. The number of nitrogens with zero attached hydrogens (tertiary/aromatic N) is 3. The van der Waals surface area contributed by atoms with Crippen LogP contribution in [0.15, 0.2) is 42.7 Å². The van der Waals surface area contributed by atoms with E-state index in [0.717, 1.165) is 32.5 Å². The monoisotopic (exact) mass is 311 g/mol. The molecule has 3 rings (SSSR count). The van der Waals surface area contributed by atoms with Gasteiger partial charge in [-0.2, -0.15) is 5.10 Å². The molecule has 1 aliphatic rings. The number of hydrogen-bond donors (Lipinski definition) is 0. The highest BCUT2D eigenvalue weighted by atomic mass is 16.2. The summed E-state index contributed by atoms with van der Waals surface area (Å²) in [7, 11) is 0. The highest BCUT2D eigenvalue weighted by Gasteiger charge is 2.24. The molecule has 122 valence electrons. The van der Waals surface area contributed by atoms with Crippen LogP contribution in [0.2, 0.25) is 0 Å². The molecule has 1 fully saturated rings. The maximum absolute atomic E-state index is 12.5. The quantitative estimate of drug-likeness (QED) is 0.849. The van der Waals surface area contributed by atoms with Crippen LogP contribution in [-0.2, 0) is 11.3 Å². The first kappa shape index (κ1) is 15.8. The van der Waals surface area contributed by atoms with Crippen LogP contribution in [0.1, 0.15) is 42.7 Å². The maximum atomic E-state index is 12.5. The van der Waals surface area contributed by atoms with Crippen molar-refractivity contribution in [1.82, 2.24) is 14.7 Å². The summed E-state index contributed by atoms with van der Waals surface area (Å²) in [6.07, 6.45) is 7.47. The standard InChI is InChI=1S/C19H25N3O/c1-16-6-2-7-17(14-16)18-8-3-11-21(15-18)19(23)9-4-12-22-13-5-10-20-22/h2,5-7,10,13-14,18H,3-4,8-9,11-12,15H2,1H3/t18-/m0/s1. The van der Waals surface area contributed by atoms with Crippen LogP contribution >= 0.6 is 0 Å². The first-order valence-corrected chi connectivity index (χ1v) is 8.54. The predicted octanol–water partition coefficient (Wildman–Crippen LogP) is 3.38. The van der Waals surface area contributed by atoms with E-state index in [9.17, 15) is 4.79 Å². The maximum Gasteiger partial charge on any atom is 0.222 e. The summed E-state index contributed by atoms with van der Waals surface area (Å²) in [5.41, 5.74) is 2.67. The summed E-state index contributed by atoms with van der Waals surface area (Å²) >= 11 is 0. The van der Waals surface area contributed by atoms with Crippen LogP contribution in [0.5, 0.6) is 0 Å². The molecule has 0 radical (unpaired) electrons. The van der Waals surface area contributed by atoms with Gasteiger partial charge in [-0.15, -0.1) is 0 Å². The Morgan fingerprint density at radius 3 is 3.04 bits per heavy atom. The number of likely N-dealkylation sites (tertiary alicyclic amines) is 1. The third kappa shape index (κ3) is 4.21. The highest BCUT2D eigenvalue weighted by molar-refractivity contribution is 5.76. The molecule has 4 heteroatoms.